The maximum atomic E-state index is 8.56. The Labute approximate surface area is 87.0 Å². The summed E-state index contributed by atoms with van der Waals surface area (Å²) in [5.41, 5.74) is 5.54. The van der Waals surface area contributed by atoms with Gasteiger partial charge in [-0.1, -0.05) is 23.8 Å². The minimum Gasteiger partial charge on any atom is -0.409 e. The molecule has 0 bridgehead atoms. The molecule has 1 rings (SSSR count). The second-order valence-electron chi connectivity index (χ2n) is 2.86. The van der Waals surface area contributed by atoms with Gasteiger partial charge in [0.1, 0.15) is 0 Å². The largest absolute Gasteiger partial charge is 0.409 e. The van der Waals surface area contributed by atoms with Crippen molar-refractivity contribution in [3.8, 4) is 0 Å². The summed E-state index contributed by atoms with van der Waals surface area (Å²) in [5, 5.41) is 12.4. The Hall–Kier alpha value is -1.17. The zero-order valence-corrected chi connectivity index (χ0v) is 9.03. The Morgan fingerprint density at radius 2 is 2.57 bits per heavy atom. The van der Waals surface area contributed by atoms with E-state index in [-0.39, 0.29) is 11.1 Å². The molecule has 1 heterocycles. The summed E-state index contributed by atoms with van der Waals surface area (Å²) in [6.45, 7) is 1.98. The van der Waals surface area contributed by atoms with Gasteiger partial charge in [-0.15, -0.1) is 0 Å². The lowest BCUT2D eigenvalue weighted by Gasteiger charge is -2.11. The number of oxime groups is 1. The molecule has 1 unspecified atom stereocenters. The fourth-order valence-electron chi connectivity index (χ4n) is 1.01. The summed E-state index contributed by atoms with van der Waals surface area (Å²) in [4.78, 5) is 4.15. The van der Waals surface area contributed by atoms with Crippen molar-refractivity contribution in [1.82, 2.24) is 9.55 Å². The normalized spacial score (nSPS) is 14.3. The minimum absolute atomic E-state index is 0.0268. The second kappa shape index (κ2) is 4.90. The molecule has 0 saturated carbocycles. The Morgan fingerprint density at radius 1 is 1.86 bits per heavy atom. The van der Waals surface area contributed by atoms with Gasteiger partial charge in [0.15, 0.2) is 11.0 Å². The van der Waals surface area contributed by atoms with E-state index in [1.54, 1.807) is 6.20 Å². The lowest BCUT2D eigenvalue weighted by molar-refractivity contribution is 0.317. The molecule has 78 valence electrons. The van der Waals surface area contributed by atoms with Gasteiger partial charge in [0.2, 0.25) is 0 Å². The zero-order chi connectivity index (χ0) is 10.6. The molecule has 0 spiro atoms. The summed E-state index contributed by atoms with van der Waals surface area (Å²) in [6.07, 6.45) is 4.39. The molecule has 0 fully saturated rings. The van der Waals surface area contributed by atoms with E-state index in [4.69, 9.17) is 10.9 Å². The van der Waals surface area contributed by atoms with Crippen molar-refractivity contribution in [2.24, 2.45) is 17.9 Å². The monoisotopic (exact) mass is 214 g/mol. The molecule has 0 amide bonds. The highest BCUT2D eigenvalue weighted by atomic mass is 32.2. The smallest absolute Gasteiger partial charge is 0.168 e. The van der Waals surface area contributed by atoms with Crippen LogP contribution >= 0.6 is 11.8 Å². The van der Waals surface area contributed by atoms with Gasteiger partial charge in [0.25, 0.3) is 0 Å². The first kappa shape index (κ1) is 10.9. The molecule has 0 aliphatic carbocycles. The third-order valence-corrected chi connectivity index (χ3v) is 3.30. The van der Waals surface area contributed by atoms with Crippen LogP contribution in [0.3, 0.4) is 0 Å². The Morgan fingerprint density at radius 3 is 3.00 bits per heavy atom. The molecule has 6 heteroatoms. The molecule has 0 saturated heterocycles. The summed E-state index contributed by atoms with van der Waals surface area (Å²) in [5.74, 6) is 0.237. The molecule has 14 heavy (non-hydrogen) atoms. The van der Waals surface area contributed by atoms with E-state index >= 15 is 0 Å². The molecule has 1 aromatic heterocycles. The number of amidine groups is 1. The molecule has 5 nitrogen and oxygen atoms in total. The van der Waals surface area contributed by atoms with Gasteiger partial charge in [0.05, 0.1) is 5.25 Å². The van der Waals surface area contributed by atoms with E-state index < -0.39 is 0 Å². The number of rotatable bonds is 4. The highest BCUT2D eigenvalue weighted by Crippen LogP contribution is 2.23. The van der Waals surface area contributed by atoms with Gasteiger partial charge in [-0.25, -0.2) is 4.98 Å². The van der Waals surface area contributed by atoms with Crippen LogP contribution in [-0.4, -0.2) is 25.8 Å². The average molecular weight is 214 g/mol. The molecular formula is C8H14N4OS. The van der Waals surface area contributed by atoms with Crippen molar-refractivity contribution >= 4 is 17.6 Å². The first-order valence-corrected chi connectivity index (χ1v) is 5.18. The number of hydrogen-bond acceptors (Lipinski definition) is 4. The Kier molecular flexibility index (Phi) is 3.82. The predicted octanol–water partition coefficient (Wildman–Crippen LogP) is 1.04. The predicted molar refractivity (Wildman–Crippen MR) is 56.6 cm³/mol. The van der Waals surface area contributed by atoms with Gasteiger partial charge in [-0.3, -0.25) is 0 Å². The van der Waals surface area contributed by atoms with E-state index in [9.17, 15) is 0 Å². The Balaban J connectivity index is 2.71. The van der Waals surface area contributed by atoms with Gasteiger partial charge < -0.3 is 15.5 Å². The summed E-state index contributed by atoms with van der Waals surface area (Å²) >= 11 is 1.49. The van der Waals surface area contributed by atoms with Crippen LogP contribution in [0.1, 0.15) is 13.3 Å². The number of hydrogen-bond donors (Lipinski definition) is 2. The topological polar surface area (TPSA) is 76.4 Å². The maximum absolute atomic E-state index is 8.56. The SMILES string of the molecule is CCC(Sc1nccn1C)C(N)=NO. The summed E-state index contributed by atoms with van der Waals surface area (Å²) in [7, 11) is 1.91. The van der Waals surface area contributed by atoms with Crippen molar-refractivity contribution in [2.75, 3.05) is 0 Å². The molecule has 1 aromatic rings. The molecule has 0 aliphatic rings. The minimum atomic E-state index is -0.0268. The number of nitrogens with two attached hydrogens (primary N) is 1. The van der Waals surface area contributed by atoms with Crippen LogP contribution in [0.15, 0.2) is 22.7 Å². The quantitative estimate of drug-likeness (QED) is 0.258. The number of aromatic nitrogens is 2. The second-order valence-corrected chi connectivity index (χ2v) is 4.03. The molecule has 0 aliphatic heterocycles. The van der Waals surface area contributed by atoms with Crippen LogP contribution in [0, 0.1) is 0 Å². The molecule has 0 radical (unpaired) electrons. The van der Waals surface area contributed by atoms with Crippen LogP contribution in [0.25, 0.3) is 0 Å². The van der Waals surface area contributed by atoms with Crippen molar-refractivity contribution in [3.05, 3.63) is 12.4 Å². The van der Waals surface area contributed by atoms with Crippen LogP contribution in [0.5, 0.6) is 0 Å². The first-order chi connectivity index (χ1) is 6.69. The number of nitrogens with zero attached hydrogens (tertiary/aromatic N) is 3. The molecule has 1 atom stereocenters. The van der Waals surface area contributed by atoms with Gasteiger partial charge in [0, 0.05) is 19.4 Å². The summed E-state index contributed by atoms with van der Waals surface area (Å²) in [6, 6.07) is 0. The van der Waals surface area contributed by atoms with Crippen molar-refractivity contribution in [3.63, 3.8) is 0 Å². The number of thioether (sulfide) groups is 1. The highest BCUT2D eigenvalue weighted by Gasteiger charge is 2.15. The summed E-state index contributed by atoms with van der Waals surface area (Å²) < 4.78 is 1.90. The average Bonchev–Trinajstić information content (AvgIpc) is 2.59. The van der Waals surface area contributed by atoms with E-state index in [0.717, 1.165) is 11.6 Å². The van der Waals surface area contributed by atoms with Crippen LogP contribution in [0.2, 0.25) is 0 Å². The number of aryl methyl sites for hydroxylation is 1. The molecule has 0 aromatic carbocycles. The van der Waals surface area contributed by atoms with E-state index in [1.165, 1.54) is 11.8 Å². The van der Waals surface area contributed by atoms with Gasteiger partial charge >= 0.3 is 0 Å². The lowest BCUT2D eigenvalue weighted by atomic mass is 10.3. The van der Waals surface area contributed by atoms with Gasteiger partial charge in [-0.05, 0) is 6.42 Å². The van der Waals surface area contributed by atoms with Crippen LogP contribution in [-0.2, 0) is 7.05 Å². The number of imidazole rings is 1. The van der Waals surface area contributed by atoms with E-state index in [2.05, 4.69) is 10.1 Å². The zero-order valence-electron chi connectivity index (χ0n) is 8.21. The lowest BCUT2D eigenvalue weighted by Crippen LogP contribution is -2.25. The first-order valence-electron chi connectivity index (χ1n) is 4.30. The van der Waals surface area contributed by atoms with Gasteiger partial charge in [-0.2, -0.15) is 0 Å². The van der Waals surface area contributed by atoms with Crippen molar-refractivity contribution in [1.29, 1.82) is 0 Å². The van der Waals surface area contributed by atoms with E-state index in [1.807, 2.05) is 24.7 Å². The Bertz CT molecular complexity index is 323. The van der Waals surface area contributed by atoms with E-state index in [0.29, 0.717) is 0 Å². The fraction of sp³-hybridized carbons (Fsp3) is 0.500. The van der Waals surface area contributed by atoms with Crippen LogP contribution < -0.4 is 5.73 Å². The standard InChI is InChI=1S/C8H14N4OS/c1-3-6(7(9)11-13)14-8-10-4-5-12(8)2/h4-6,13H,3H2,1-2H3,(H2,9,11). The molecule has 3 N–H and O–H groups in total. The van der Waals surface area contributed by atoms with Crippen molar-refractivity contribution in [2.45, 2.75) is 23.8 Å². The highest BCUT2D eigenvalue weighted by molar-refractivity contribution is 8.00. The van der Waals surface area contributed by atoms with Crippen LogP contribution in [0.4, 0.5) is 0 Å². The third-order valence-electron chi connectivity index (χ3n) is 1.84. The maximum Gasteiger partial charge on any atom is 0.168 e. The molecular weight excluding hydrogens is 200 g/mol. The third kappa shape index (κ3) is 2.41. The fourth-order valence-corrected chi connectivity index (χ4v) is 1.95. The van der Waals surface area contributed by atoms with Crippen molar-refractivity contribution < 1.29 is 5.21 Å².